The van der Waals surface area contributed by atoms with E-state index in [0.29, 0.717) is 0 Å². The van der Waals surface area contributed by atoms with Crippen molar-refractivity contribution in [2.75, 3.05) is 12.4 Å². The molecule has 1 N–H and O–H groups in total. The van der Waals surface area contributed by atoms with Crippen molar-refractivity contribution in [1.82, 2.24) is 0 Å². The zero-order valence-corrected chi connectivity index (χ0v) is 22.7. The fourth-order valence-corrected chi connectivity index (χ4v) is 7.23. The molecular weight excluding hydrogens is 566 g/mol. The molecule has 1 aliphatic heterocycles. The molecule has 1 aliphatic carbocycles. The Morgan fingerprint density at radius 2 is 1.63 bits per heavy atom. The number of carbonyl (C=O) groups excluding carboxylic acids is 1. The largest absolute Gasteiger partial charge is 0.496 e. The van der Waals surface area contributed by atoms with Gasteiger partial charge in [-0.1, -0.05) is 76.1 Å². The van der Waals surface area contributed by atoms with Crippen molar-refractivity contribution < 1.29 is 9.53 Å². The number of rotatable bonds is 3. The van der Waals surface area contributed by atoms with Crippen LogP contribution in [0.3, 0.4) is 0 Å². The molecule has 0 aromatic heterocycles. The SMILES string of the molecule is COc1ccc2ccccc2c1C1=C(C)C(C2C(=O)Nc3c(Br)cc(Br)c(C)c32)c2ccccc21. The molecule has 35 heavy (non-hydrogen) atoms. The number of hydrogen-bond donors (Lipinski definition) is 1. The lowest BCUT2D eigenvalue weighted by molar-refractivity contribution is -0.117. The summed E-state index contributed by atoms with van der Waals surface area (Å²) in [4.78, 5) is 13.6. The van der Waals surface area contributed by atoms with Crippen molar-refractivity contribution in [2.24, 2.45) is 0 Å². The van der Waals surface area contributed by atoms with Crippen LogP contribution in [0.1, 0.15) is 46.6 Å². The monoisotopic (exact) mass is 587 g/mol. The molecule has 1 amide bonds. The molecule has 5 heteroatoms. The molecule has 174 valence electrons. The number of anilines is 1. The van der Waals surface area contributed by atoms with E-state index in [1.807, 2.05) is 12.1 Å². The van der Waals surface area contributed by atoms with Crippen LogP contribution in [0.25, 0.3) is 16.3 Å². The van der Waals surface area contributed by atoms with Gasteiger partial charge in [0.25, 0.3) is 0 Å². The van der Waals surface area contributed by atoms with E-state index < -0.39 is 0 Å². The van der Waals surface area contributed by atoms with Gasteiger partial charge in [-0.15, -0.1) is 0 Å². The maximum absolute atomic E-state index is 13.6. The van der Waals surface area contributed by atoms with Crippen molar-refractivity contribution in [3.63, 3.8) is 0 Å². The zero-order valence-electron chi connectivity index (χ0n) is 19.6. The molecule has 0 saturated carbocycles. The highest BCUT2D eigenvalue weighted by atomic mass is 79.9. The normalized spacial score (nSPS) is 18.6. The molecule has 1 heterocycles. The van der Waals surface area contributed by atoms with Crippen LogP contribution in [0.2, 0.25) is 0 Å². The number of carbonyl (C=O) groups is 1. The highest BCUT2D eigenvalue weighted by molar-refractivity contribution is 9.11. The number of benzene rings is 4. The molecule has 0 saturated heterocycles. The van der Waals surface area contributed by atoms with E-state index in [0.717, 1.165) is 59.0 Å². The molecule has 4 aromatic rings. The minimum atomic E-state index is -0.321. The van der Waals surface area contributed by atoms with Crippen molar-refractivity contribution >= 4 is 59.8 Å². The van der Waals surface area contributed by atoms with E-state index in [2.05, 4.69) is 106 Å². The maximum Gasteiger partial charge on any atom is 0.233 e. The predicted octanol–water partition coefficient (Wildman–Crippen LogP) is 8.34. The average Bonchev–Trinajstić information content (AvgIpc) is 3.35. The Bertz CT molecular complexity index is 1590. The summed E-state index contributed by atoms with van der Waals surface area (Å²) in [7, 11) is 1.72. The van der Waals surface area contributed by atoms with Crippen LogP contribution < -0.4 is 10.1 Å². The Hall–Kier alpha value is -2.89. The quantitative estimate of drug-likeness (QED) is 0.261. The van der Waals surface area contributed by atoms with Crippen molar-refractivity contribution in [2.45, 2.75) is 25.7 Å². The van der Waals surface area contributed by atoms with Gasteiger partial charge >= 0.3 is 0 Å². The number of amides is 1. The highest BCUT2D eigenvalue weighted by Crippen LogP contribution is 2.57. The summed E-state index contributed by atoms with van der Waals surface area (Å²) in [6.07, 6.45) is 0. The third-order valence-corrected chi connectivity index (χ3v) is 8.93. The number of fused-ring (bicyclic) bond motifs is 3. The Morgan fingerprint density at radius 3 is 2.43 bits per heavy atom. The Labute approximate surface area is 221 Å². The molecule has 2 aliphatic rings. The molecule has 0 fully saturated rings. The van der Waals surface area contributed by atoms with Crippen molar-refractivity contribution in [3.8, 4) is 5.75 Å². The van der Waals surface area contributed by atoms with Gasteiger partial charge in [-0.25, -0.2) is 0 Å². The van der Waals surface area contributed by atoms with Crippen LogP contribution in [-0.4, -0.2) is 13.0 Å². The second kappa shape index (κ2) is 8.35. The lowest BCUT2D eigenvalue weighted by Gasteiger charge is -2.23. The molecule has 0 radical (unpaired) electrons. The van der Waals surface area contributed by atoms with Crippen LogP contribution in [0.4, 0.5) is 5.69 Å². The van der Waals surface area contributed by atoms with Gasteiger partial charge in [-0.05, 0) is 80.5 Å². The number of ether oxygens (including phenoxy) is 1. The first kappa shape index (κ1) is 22.6. The first-order valence-electron chi connectivity index (χ1n) is 11.6. The first-order valence-corrected chi connectivity index (χ1v) is 13.2. The lowest BCUT2D eigenvalue weighted by Crippen LogP contribution is -2.20. The van der Waals surface area contributed by atoms with Gasteiger partial charge in [0.2, 0.25) is 5.91 Å². The van der Waals surface area contributed by atoms with Gasteiger partial charge in [0.05, 0.1) is 18.7 Å². The van der Waals surface area contributed by atoms with Gasteiger partial charge < -0.3 is 10.1 Å². The van der Waals surface area contributed by atoms with Crippen LogP contribution in [0, 0.1) is 6.92 Å². The fraction of sp³-hybridized carbons (Fsp3) is 0.167. The number of hydrogen-bond acceptors (Lipinski definition) is 2. The Balaban J connectivity index is 1.66. The van der Waals surface area contributed by atoms with Gasteiger partial charge in [-0.3, -0.25) is 4.79 Å². The molecule has 2 atom stereocenters. The summed E-state index contributed by atoms with van der Waals surface area (Å²) in [5, 5.41) is 5.48. The second-order valence-electron chi connectivity index (χ2n) is 9.21. The topological polar surface area (TPSA) is 38.3 Å². The summed E-state index contributed by atoms with van der Waals surface area (Å²) in [5.74, 6) is 0.475. The van der Waals surface area contributed by atoms with E-state index >= 15 is 0 Å². The van der Waals surface area contributed by atoms with Gasteiger partial charge in [0.1, 0.15) is 5.75 Å². The molecule has 0 bridgehead atoms. The minimum absolute atomic E-state index is 0.0344. The lowest BCUT2D eigenvalue weighted by atomic mass is 9.79. The highest BCUT2D eigenvalue weighted by Gasteiger charge is 2.45. The standard InChI is InChI=1S/C30H23Br2NO2/c1-15-21(31)14-22(32)29-26(15)28(30(34)33-29)25-16(2)24(19-10-6-7-11-20(19)25)27-18-9-5-4-8-17(18)12-13-23(27)35-3/h4-14,25,28H,1-3H3,(H,33,34). The summed E-state index contributed by atoms with van der Waals surface area (Å²) in [5.41, 5.74) is 8.80. The maximum atomic E-state index is 13.6. The van der Waals surface area contributed by atoms with Crippen LogP contribution in [-0.2, 0) is 4.79 Å². The molecular formula is C30H23Br2NO2. The minimum Gasteiger partial charge on any atom is -0.496 e. The number of halogens is 2. The summed E-state index contributed by atoms with van der Waals surface area (Å²) < 4.78 is 7.78. The second-order valence-corrected chi connectivity index (χ2v) is 10.9. The van der Waals surface area contributed by atoms with Crippen LogP contribution in [0.15, 0.2) is 81.2 Å². The summed E-state index contributed by atoms with van der Waals surface area (Å²) in [6, 6.07) is 23.1. The van der Waals surface area contributed by atoms with Crippen LogP contribution in [0.5, 0.6) is 5.75 Å². The predicted molar refractivity (Wildman–Crippen MR) is 149 cm³/mol. The summed E-state index contributed by atoms with van der Waals surface area (Å²) >= 11 is 7.36. The molecule has 6 rings (SSSR count). The fourth-order valence-electron chi connectivity index (χ4n) is 5.94. The number of methoxy groups -OCH3 is 1. The molecule has 4 aromatic carbocycles. The molecule has 2 unspecified atom stereocenters. The third-order valence-electron chi connectivity index (χ3n) is 7.49. The Kier molecular flexibility index (Phi) is 5.39. The van der Waals surface area contributed by atoms with E-state index in [9.17, 15) is 4.79 Å². The van der Waals surface area contributed by atoms with Gasteiger partial charge in [0, 0.05) is 20.4 Å². The van der Waals surface area contributed by atoms with Crippen molar-refractivity contribution in [1.29, 1.82) is 0 Å². The average molecular weight is 589 g/mol. The van der Waals surface area contributed by atoms with E-state index in [4.69, 9.17) is 4.74 Å². The van der Waals surface area contributed by atoms with E-state index in [1.54, 1.807) is 7.11 Å². The van der Waals surface area contributed by atoms with Gasteiger partial charge in [-0.2, -0.15) is 0 Å². The Morgan fingerprint density at radius 1 is 0.886 bits per heavy atom. The molecule has 0 spiro atoms. The number of allylic oxidation sites excluding steroid dienone is 1. The van der Waals surface area contributed by atoms with Gasteiger partial charge in [0.15, 0.2) is 0 Å². The third kappa shape index (κ3) is 3.25. The summed E-state index contributed by atoms with van der Waals surface area (Å²) in [6.45, 7) is 4.26. The van der Waals surface area contributed by atoms with Crippen molar-refractivity contribution in [3.05, 3.63) is 109 Å². The molecule has 3 nitrogen and oxygen atoms in total. The van der Waals surface area contributed by atoms with Crippen LogP contribution >= 0.6 is 31.9 Å². The van der Waals surface area contributed by atoms with E-state index in [1.165, 1.54) is 11.1 Å². The first-order chi connectivity index (χ1) is 16.9. The number of nitrogens with one attached hydrogen (secondary N) is 1. The smallest absolute Gasteiger partial charge is 0.233 e. The van der Waals surface area contributed by atoms with E-state index in [-0.39, 0.29) is 17.7 Å². The zero-order chi connectivity index (χ0) is 24.4.